The number of carboxylic acids is 1. The number of benzene rings is 1. The van der Waals surface area contributed by atoms with Crippen LogP contribution in [0.1, 0.15) is 25.8 Å². The van der Waals surface area contributed by atoms with Crippen LogP contribution < -0.4 is 0 Å². The molecule has 0 heterocycles. The number of carboxylic acid groups (broad SMARTS) is 1. The second-order valence-electron chi connectivity index (χ2n) is 4.49. The van der Waals surface area contributed by atoms with Crippen molar-refractivity contribution in [3.63, 3.8) is 0 Å². The molecule has 1 N–H and O–H groups in total. The van der Waals surface area contributed by atoms with E-state index in [1.54, 1.807) is 6.07 Å². The molecular formula is C13H17Cl2NO2. The van der Waals surface area contributed by atoms with Crippen molar-refractivity contribution in [1.82, 2.24) is 4.90 Å². The first kappa shape index (κ1) is 15.3. The van der Waals surface area contributed by atoms with Crippen LogP contribution in [0.2, 0.25) is 10.0 Å². The van der Waals surface area contributed by atoms with Gasteiger partial charge in [-0.1, -0.05) is 23.2 Å². The summed E-state index contributed by atoms with van der Waals surface area (Å²) in [5.74, 6) is -0.787. The van der Waals surface area contributed by atoms with Gasteiger partial charge in [0.1, 0.15) is 0 Å². The van der Waals surface area contributed by atoms with Crippen molar-refractivity contribution in [1.29, 1.82) is 0 Å². The van der Waals surface area contributed by atoms with Crippen LogP contribution in [0.15, 0.2) is 18.2 Å². The van der Waals surface area contributed by atoms with Gasteiger partial charge in [-0.3, -0.25) is 9.69 Å². The van der Waals surface area contributed by atoms with E-state index in [0.29, 0.717) is 23.1 Å². The minimum atomic E-state index is -0.787. The van der Waals surface area contributed by atoms with Gasteiger partial charge in [0.05, 0.1) is 6.42 Å². The van der Waals surface area contributed by atoms with Crippen LogP contribution >= 0.6 is 23.2 Å². The molecule has 0 saturated carbocycles. The van der Waals surface area contributed by atoms with Gasteiger partial charge in [0.2, 0.25) is 0 Å². The Labute approximate surface area is 117 Å². The van der Waals surface area contributed by atoms with Crippen molar-refractivity contribution in [2.24, 2.45) is 0 Å². The van der Waals surface area contributed by atoms with Crippen molar-refractivity contribution in [3.05, 3.63) is 33.8 Å². The third kappa shape index (κ3) is 5.25. The third-order valence-electron chi connectivity index (χ3n) is 2.65. The first-order valence-electron chi connectivity index (χ1n) is 5.79. The van der Waals surface area contributed by atoms with Crippen molar-refractivity contribution < 1.29 is 9.90 Å². The Morgan fingerprint density at radius 2 is 1.83 bits per heavy atom. The zero-order valence-electron chi connectivity index (χ0n) is 10.5. The second kappa shape index (κ2) is 6.98. The van der Waals surface area contributed by atoms with Crippen LogP contribution in [0, 0.1) is 0 Å². The molecule has 0 aromatic heterocycles. The number of hydrogen-bond donors (Lipinski definition) is 1. The number of halogens is 2. The van der Waals surface area contributed by atoms with Crippen LogP contribution in [-0.4, -0.2) is 28.6 Å². The number of nitrogens with zero attached hydrogens (tertiary/aromatic N) is 1. The number of rotatable bonds is 6. The lowest BCUT2D eigenvalue weighted by Gasteiger charge is -2.26. The van der Waals surface area contributed by atoms with E-state index in [2.05, 4.69) is 4.90 Å². The van der Waals surface area contributed by atoms with Crippen LogP contribution in [0.3, 0.4) is 0 Å². The Hall–Kier alpha value is -0.770. The van der Waals surface area contributed by atoms with E-state index in [-0.39, 0.29) is 12.5 Å². The van der Waals surface area contributed by atoms with Gasteiger partial charge in [0.25, 0.3) is 0 Å². The molecule has 0 aliphatic rings. The van der Waals surface area contributed by atoms with Crippen LogP contribution in [-0.2, 0) is 11.3 Å². The Morgan fingerprint density at radius 1 is 1.28 bits per heavy atom. The fourth-order valence-electron chi connectivity index (χ4n) is 1.70. The lowest BCUT2D eigenvalue weighted by Crippen LogP contribution is -2.32. The van der Waals surface area contributed by atoms with Crippen LogP contribution in [0.25, 0.3) is 0 Å². The summed E-state index contributed by atoms with van der Waals surface area (Å²) in [6.45, 7) is 5.23. The minimum Gasteiger partial charge on any atom is -0.481 e. The summed E-state index contributed by atoms with van der Waals surface area (Å²) < 4.78 is 0. The first-order valence-corrected chi connectivity index (χ1v) is 6.55. The molecule has 1 rings (SSSR count). The molecule has 100 valence electrons. The molecule has 0 unspecified atom stereocenters. The molecular weight excluding hydrogens is 273 g/mol. The van der Waals surface area contributed by atoms with E-state index in [4.69, 9.17) is 28.3 Å². The quantitative estimate of drug-likeness (QED) is 0.868. The van der Waals surface area contributed by atoms with Gasteiger partial charge < -0.3 is 5.11 Å². The molecule has 0 saturated heterocycles. The molecule has 1 aromatic carbocycles. The molecule has 0 spiro atoms. The highest BCUT2D eigenvalue weighted by Crippen LogP contribution is 2.20. The van der Waals surface area contributed by atoms with E-state index in [9.17, 15) is 4.79 Å². The Balaban J connectivity index is 2.73. The van der Waals surface area contributed by atoms with Crippen molar-refractivity contribution >= 4 is 29.2 Å². The van der Waals surface area contributed by atoms with Crippen LogP contribution in [0.4, 0.5) is 0 Å². The first-order chi connectivity index (χ1) is 8.38. The molecule has 0 aliphatic carbocycles. The Kier molecular flexibility index (Phi) is 5.93. The lowest BCUT2D eigenvalue weighted by atomic mass is 10.2. The van der Waals surface area contributed by atoms with Gasteiger partial charge in [0.15, 0.2) is 0 Å². The Bertz CT molecular complexity index is 401. The molecule has 0 radical (unpaired) electrons. The average Bonchev–Trinajstić information content (AvgIpc) is 2.22. The van der Waals surface area contributed by atoms with Crippen molar-refractivity contribution in [2.75, 3.05) is 6.54 Å². The second-order valence-corrected chi connectivity index (χ2v) is 5.36. The molecule has 18 heavy (non-hydrogen) atoms. The molecule has 0 bridgehead atoms. The molecule has 0 fully saturated rings. The summed E-state index contributed by atoms with van der Waals surface area (Å²) in [5.41, 5.74) is 0.992. The number of carbonyl (C=O) groups is 1. The molecule has 3 nitrogen and oxygen atoms in total. The standard InChI is InChI=1S/C13H17Cl2NO2/c1-9(2)16(4-3-13(17)18)8-10-5-11(14)7-12(15)6-10/h5-7,9H,3-4,8H2,1-2H3,(H,17,18). The summed E-state index contributed by atoms with van der Waals surface area (Å²) in [5, 5.41) is 9.92. The maximum atomic E-state index is 10.6. The van der Waals surface area contributed by atoms with Gasteiger partial charge in [-0.15, -0.1) is 0 Å². The van der Waals surface area contributed by atoms with E-state index in [1.165, 1.54) is 0 Å². The summed E-state index contributed by atoms with van der Waals surface area (Å²) in [6, 6.07) is 5.65. The van der Waals surface area contributed by atoms with Gasteiger partial charge in [0, 0.05) is 29.2 Å². The topological polar surface area (TPSA) is 40.5 Å². The van der Waals surface area contributed by atoms with Gasteiger partial charge in [-0.05, 0) is 37.6 Å². The van der Waals surface area contributed by atoms with E-state index >= 15 is 0 Å². The normalized spacial score (nSPS) is 11.2. The summed E-state index contributed by atoms with van der Waals surface area (Å²) >= 11 is 11.9. The lowest BCUT2D eigenvalue weighted by molar-refractivity contribution is -0.137. The monoisotopic (exact) mass is 289 g/mol. The van der Waals surface area contributed by atoms with E-state index < -0.39 is 5.97 Å². The summed E-state index contributed by atoms with van der Waals surface area (Å²) in [6.07, 6.45) is 0.131. The highest BCUT2D eigenvalue weighted by molar-refractivity contribution is 6.34. The summed E-state index contributed by atoms with van der Waals surface area (Å²) in [4.78, 5) is 12.7. The highest BCUT2D eigenvalue weighted by atomic mass is 35.5. The fourth-order valence-corrected chi connectivity index (χ4v) is 2.27. The molecule has 5 heteroatoms. The van der Waals surface area contributed by atoms with Crippen molar-refractivity contribution in [2.45, 2.75) is 32.9 Å². The zero-order chi connectivity index (χ0) is 13.7. The predicted octanol–water partition coefficient (Wildman–Crippen LogP) is 3.68. The predicted molar refractivity (Wildman–Crippen MR) is 74.3 cm³/mol. The van der Waals surface area contributed by atoms with Gasteiger partial charge in [-0.25, -0.2) is 0 Å². The van der Waals surface area contributed by atoms with Crippen molar-refractivity contribution in [3.8, 4) is 0 Å². The van der Waals surface area contributed by atoms with Crippen LogP contribution in [0.5, 0.6) is 0 Å². The molecule has 1 aromatic rings. The van der Waals surface area contributed by atoms with E-state index in [1.807, 2.05) is 26.0 Å². The maximum Gasteiger partial charge on any atom is 0.304 e. The highest BCUT2D eigenvalue weighted by Gasteiger charge is 2.12. The maximum absolute atomic E-state index is 10.6. The molecule has 0 amide bonds. The largest absolute Gasteiger partial charge is 0.481 e. The smallest absolute Gasteiger partial charge is 0.304 e. The Morgan fingerprint density at radius 3 is 2.28 bits per heavy atom. The average molecular weight is 290 g/mol. The minimum absolute atomic E-state index is 0.131. The molecule has 0 atom stereocenters. The summed E-state index contributed by atoms with van der Waals surface area (Å²) in [7, 11) is 0. The van der Waals surface area contributed by atoms with E-state index in [0.717, 1.165) is 5.56 Å². The van der Waals surface area contributed by atoms with Gasteiger partial charge >= 0.3 is 5.97 Å². The third-order valence-corrected chi connectivity index (χ3v) is 3.09. The number of hydrogen-bond acceptors (Lipinski definition) is 2. The molecule has 0 aliphatic heterocycles. The zero-order valence-corrected chi connectivity index (χ0v) is 12.0. The number of aliphatic carboxylic acids is 1. The fraction of sp³-hybridized carbons (Fsp3) is 0.462. The van der Waals surface area contributed by atoms with Gasteiger partial charge in [-0.2, -0.15) is 0 Å². The SMILES string of the molecule is CC(C)N(CCC(=O)O)Cc1cc(Cl)cc(Cl)c1.